The Kier molecular flexibility index (Phi) is 4.86. The highest BCUT2D eigenvalue weighted by molar-refractivity contribution is 6.33. The van der Waals surface area contributed by atoms with Crippen LogP contribution in [0.1, 0.15) is 10.4 Å². The number of nitrogens with one attached hydrogen (secondary N) is 1. The van der Waals surface area contributed by atoms with Gasteiger partial charge in [-0.25, -0.2) is 4.98 Å². The van der Waals surface area contributed by atoms with Gasteiger partial charge in [-0.1, -0.05) is 11.6 Å². The Balaban J connectivity index is 2.19. The molecule has 10 nitrogen and oxygen atoms in total. The van der Waals surface area contributed by atoms with Crippen LogP contribution < -0.4 is 5.32 Å². The van der Waals surface area contributed by atoms with Gasteiger partial charge < -0.3 is 9.88 Å². The molecule has 1 N–H and O–H groups in total. The Morgan fingerprint density at radius 1 is 1.26 bits per heavy atom. The number of aromatic nitrogens is 2. The fourth-order valence-corrected chi connectivity index (χ4v) is 2.07. The molecule has 0 radical (unpaired) electrons. The maximum absolute atomic E-state index is 12.1. The molecule has 2 aromatic rings. The van der Waals surface area contributed by atoms with Crippen molar-refractivity contribution in [3.05, 3.63) is 61.7 Å². The van der Waals surface area contributed by atoms with E-state index < -0.39 is 27.1 Å². The molecule has 1 amide bonds. The average Bonchev–Trinajstić information content (AvgIpc) is 2.99. The molecule has 120 valence electrons. The van der Waals surface area contributed by atoms with Crippen LogP contribution >= 0.6 is 11.6 Å². The molecule has 0 saturated carbocycles. The Bertz CT molecular complexity index is 761. The van der Waals surface area contributed by atoms with Gasteiger partial charge in [-0.15, -0.1) is 0 Å². The van der Waals surface area contributed by atoms with Crippen LogP contribution in [0.3, 0.4) is 0 Å². The molecule has 0 atom stereocenters. The summed E-state index contributed by atoms with van der Waals surface area (Å²) in [7, 11) is 0. The summed E-state index contributed by atoms with van der Waals surface area (Å²) < 4.78 is 1.71. The molecule has 23 heavy (non-hydrogen) atoms. The van der Waals surface area contributed by atoms with Crippen molar-refractivity contribution in [3.8, 4) is 0 Å². The van der Waals surface area contributed by atoms with Crippen LogP contribution in [0.25, 0.3) is 0 Å². The Morgan fingerprint density at radius 2 is 1.96 bits per heavy atom. The number of nitrogens with zero attached hydrogens (tertiary/aromatic N) is 4. The number of carbonyl (C=O) groups is 1. The topological polar surface area (TPSA) is 133 Å². The maximum atomic E-state index is 12.1. The van der Waals surface area contributed by atoms with Gasteiger partial charge in [-0.3, -0.25) is 25.0 Å². The molecule has 0 bridgehead atoms. The molecule has 0 spiro atoms. The van der Waals surface area contributed by atoms with Crippen LogP contribution in [0.15, 0.2) is 30.9 Å². The van der Waals surface area contributed by atoms with E-state index in [4.69, 9.17) is 11.6 Å². The lowest BCUT2D eigenvalue weighted by molar-refractivity contribution is -0.394. The van der Waals surface area contributed by atoms with Crippen molar-refractivity contribution < 1.29 is 14.6 Å². The highest BCUT2D eigenvalue weighted by Gasteiger charge is 2.27. The fraction of sp³-hybridized carbons (Fsp3) is 0.167. The van der Waals surface area contributed by atoms with Gasteiger partial charge >= 0.3 is 0 Å². The van der Waals surface area contributed by atoms with Crippen LogP contribution in [0.5, 0.6) is 0 Å². The van der Waals surface area contributed by atoms with E-state index in [9.17, 15) is 25.0 Å². The van der Waals surface area contributed by atoms with Gasteiger partial charge in [0.05, 0.1) is 22.2 Å². The van der Waals surface area contributed by atoms with Gasteiger partial charge in [0.2, 0.25) is 0 Å². The van der Waals surface area contributed by atoms with E-state index in [2.05, 4.69) is 10.3 Å². The summed E-state index contributed by atoms with van der Waals surface area (Å²) >= 11 is 5.70. The summed E-state index contributed by atoms with van der Waals surface area (Å²) in [5, 5.41) is 23.9. The molecule has 1 heterocycles. The number of halogens is 1. The number of nitro groups is 2. The first-order valence-corrected chi connectivity index (χ1v) is 6.64. The Morgan fingerprint density at radius 3 is 2.52 bits per heavy atom. The zero-order chi connectivity index (χ0) is 17.0. The lowest BCUT2D eigenvalue weighted by Gasteiger charge is -2.07. The van der Waals surface area contributed by atoms with Crippen molar-refractivity contribution >= 4 is 28.9 Å². The Labute approximate surface area is 134 Å². The number of benzene rings is 1. The molecule has 0 fully saturated rings. The predicted molar refractivity (Wildman–Crippen MR) is 79.3 cm³/mol. The van der Waals surface area contributed by atoms with E-state index in [0.717, 1.165) is 6.07 Å². The molecule has 1 aromatic carbocycles. The lowest BCUT2D eigenvalue weighted by atomic mass is 10.1. The number of rotatable bonds is 6. The van der Waals surface area contributed by atoms with Crippen LogP contribution in [0.4, 0.5) is 11.4 Å². The van der Waals surface area contributed by atoms with Crippen LogP contribution in [0, 0.1) is 20.2 Å². The highest BCUT2D eigenvalue weighted by Crippen LogP contribution is 2.32. The van der Waals surface area contributed by atoms with Crippen LogP contribution in [0.2, 0.25) is 5.02 Å². The summed E-state index contributed by atoms with van der Waals surface area (Å²) in [5.41, 5.74) is -1.65. The summed E-state index contributed by atoms with van der Waals surface area (Å²) in [4.78, 5) is 36.0. The minimum Gasteiger partial charge on any atom is -0.350 e. The van der Waals surface area contributed by atoms with E-state index in [1.807, 2.05) is 0 Å². The number of carbonyl (C=O) groups excluding carboxylic acids is 1. The second-order valence-electron chi connectivity index (χ2n) is 4.39. The van der Waals surface area contributed by atoms with Crippen molar-refractivity contribution in [3.63, 3.8) is 0 Å². The van der Waals surface area contributed by atoms with Crippen LogP contribution in [-0.4, -0.2) is 31.8 Å². The Hall–Kier alpha value is -3.01. The van der Waals surface area contributed by atoms with E-state index >= 15 is 0 Å². The molecule has 0 aliphatic heterocycles. The average molecular weight is 340 g/mol. The fourth-order valence-electron chi connectivity index (χ4n) is 1.84. The number of nitro benzene ring substituents is 2. The normalized spacial score (nSPS) is 10.3. The SMILES string of the molecule is O=C(NCCn1ccnc1)c1cc(Cl)c([N+](=O)[O-])cc1[N+](=O)[O-]. The first-order valence-electron chi connectivity index (χ1n) is 6.26. The molecule has 0 unspecified atom stereocenters. The minimum atomic E-state index is -0.867. The molecule has 1 aromatic heterocycles. The van der Waals surface area contributed by atoms with Crippen molar-refractivity contribution in [2.45, 2.75) is 6.54 Å². The third kappa shape index (κ3) is 3.80. The monoisotopic (exact) mass is 339 g/mol. The summed E-state index contributed by atoms with van der Waals surface area (Å²) in [6, 6.07) is 1.59. The number of imidazole rings is 1. The summed E-state index contributed by atoms with van der Waals surface area (Å²) in [6.45, 7) is 0.612. The summed E-state index contributed by atoms with van der Waals surface area (Å²) in [6.07, 6.45) is 4.82. The van der Waals surface area contributed by atoms with Gasteiger partial charge in [0, 0.05) is 25.5 Å². The predicted octanol–water partition coefficient (Wildman–Crippen LogP) is 1.78. The molecular formula is C12H10ClN5O5. The van der Waals surface area contributed by atoms with Crippen LogP contribution in [-0.2, 0) is 6.54 Å². The lowest BCUT2D eigenvalue weighted by Crippen LogP contribution is -2.27. The number of hydrogen-bond acceptors (Lipinski definition) is 6. The van der Waals surface area contributed by atoms with Crippen molar-refractivity contribution in [1.29, 1.82) is 0 Å². The quantitative estimate of drug-likeness (QED) is 0.629. The maximum Gasteiger partial charge on any atom is 0.294 e. The second kappa shape index (κ2) is 6.83. The molecule has 0 aliphatic rings. The highest BCUT2D eigenvalue weighted by atomic mass is 35.5. The van der Waals surface area contributed by atoms with Gasteiger partial charge in [-0.2, -0.15) is 0 Å². The van der Waals surface area contributed by atoms with Gasteiger partial charge in [0.1, 0.15) is 10.6 Å². The zero-order valence-corrected chi connectivity index (χ0v) is 12.3. The molecule has 0 saturated heterocycles. The molecule has 2 rings (SSSR count). The number of amides is 1. The van der Waals surface area contributed by atoms with Gasteiger partial charge in [0.15, 0.2) is 0 Å². The first-order chi connectivity index (χ1) is 10.9. The third-order valence-electron chi connectivity index (χ3n) is 2.92. The van der Waals surface area contributed by atoms with E-state index in [1.54, 1.807) is 23.3 Å². The van der Waals surface area contributed by atoms with E-state index in [1.165, 1.54) is 0 Å². The first kappa shape index (κ1) is 16.4. The second-order valence-corrected chi connectivity index (χ2v) is 4.80. The molecule has 0 aliphatic carbocycles. The number of hydrogen-bond donors (Lipinski definition) is 1. The smallest absolute Gasteiger partial charge is 0.294 e. The van der Waals surface area contributed by atoms with Gasteiger partial charge in [-0.05, 0) is 6.07 Å². The minimum absolute atomic E-state index is 0.195. The molecular weight excluding hydrogens is 330 g/mol. The van der Waals surface area contributed by atoms with E-state index in [0.29, 0.717) is 12.6 Å². The van der Waals surface area contributed by atoms with Crippen molar-refractivity contribution in [2.75, 3.05) is 6.54 Å². The molecule has 11 heteroatoms. The standard InChI is InChI=1S/C12H10ClN5O5/c13-9-5-8(10(17(20)21)6-11(9)18(22)23)12(19)15-2-4-16-3-1-14-7-16/h1,3,5-7H,2,4H2,(H,15,19). The van der Waals surface area contributed by atoms with Crippen molar-refractivity contribution in [2.24, 2.45) is 0 Å². The third-order valence-corrected chi connectivity index (χ3v) is 3.22. The van der Waals surface area contributed by atoms with E-state index in [-0.39, 0.29) is 17.1 Å². The largest absolute Gasteiger partial charge is 0.350 e. The van der Waals surface area contributed by atoms with Gasteiger partial charge in [0.25, 0.3) is 17.3 Å². The summed E-state index contributed by atoms with van der Waals surface area (Å²) in [5.74, 6) is -0.742. The zero-order valence-electron chi connectivity index (χ0n) is 11.5. The van der Waals surface area contributed by atoms with Crippen molar-refractivity contribution in [1.82, 2.24) is 14.9 Å².